The molecule has 0 spiro atoms. The summed E-state index contributed by atoms with van der Waals surface area (Å²) in [5.41, 5.74) is 2.13. The van der Waals surface area contributed by atoms with Crippen LogP contribution >= 0.6 is 23.1 Å². The van der Waals surface area contributed by atoms with E-state index in [4.69, 9.17) is 9.52 Å². The number of nitrogens with zero attached hydrogens (tertiary/aromatic N) is 1. The number of aryl methyl sites for hydroxylation is 1. The lowest BCUT2D eigenvalue weighted by molar-refractivity contribution is -0.142. The first kappa shape index (κ1) is 23.0. The number of imide groups is 1. The number of hydrogen-bond donors (Lipinski definition) is 2. The molecule has 8 nitrogen and oxygen atoms in total. The summed E-state index contributed by atoms with van der Waals surface area (Å²) < 4.78 is 6.43. The number of carbonyl (C=O) groups is 3. The van der Waals surface area contributed by atoms with Gasteiger partial charge >= 0.3 is 10.8 Å². The van der Waals surface area contributed by atoms with E-state index in [0.29, 0.717) is 0 Å². The van der Waals surface area contributed by atoms with Crippen LogP contribution in [0.15, 0.2) is 50.6 Å². The molecule has 2 aliphatic carbocycles. The zero-order chi connectivity index (χ0) is 25.6. The Morgan fingerprint density at radius 2 is 1.81 bits per heavy atom. The van der Waals surface area contributed by atoms with Crippen molar-refractivity contribution in [2.75, 3.05) is 6.54 Å². The number of nitrogens with one attached hydrogen (secondary N) is 1. The molecule has 2 N–H and O–H groups in total. The second kappa shape index (κ2) is 8.19. The van der Waals surface area contributed by atoms with Crippen molar-refractivity contribution in [2.24, 2.45) is 29.6 Å². The first-order valence-electron chi connectivity index (χ1n) is 12.5. The van der Waals surface area contributed by atoms with E-state index in [0.717, 1.165) is 39.0 Å². The molecule has 2 aliphatic heterocycles. The molecular formula is C27H24N2O6S2. The predicted octanol–water partition coefficient (Wildman–Crippen LogP) is 3.95. The number of carboxylic acids is 1. The second-order valence-corrected chi connectivity index (χ2v) is 12.7. The van der Waals surface area contributed by atoms with E-state index < -0.39 is 17.8 Å². The van der Waals surface area contributed by atoms with Gasteiger partial charge in [-0.15, -0.1) is 11.8 Å². The smallest absolute Gasteiger partial charge is 0.305 e. The molecule has 3 fully saturated rings. The summed E-state index contributed by atoms with van der Waals surface area (Å²) in [5, 5.41) is 10.0. The summed E-state index contributed by atoms with van der Waals surface area (Å²) in [6.07, 6.45) is 0.534. The Balaban J connectivity index is 1.28. The van der Waals surface area contributed by atoms with Crippen LogP contribution in [0.3, 0.4) is 0 Å². The molecule has 7 rings (SSSR count). The number of likely N-dealkylation sites (tertiary alicyclic amines) is 1. The highest BCUT2D eigenvalue weighted by molar-refractivity contribution is 8.00. The van der Waals surface area contributed by atoms with E-state index in [1.54, 1.807) is 11.8 Å². The van der Waals surface area contributed by atoms with Crippen LogP contribution < -0.4 is 4.87 Å². The molecule has 3 aromatic rings. The summed E-state index contributed by atoms with van der Waals surface area (Å²) in [6, 6.07) is 12.1. The Morgan fingerprint density at radius 1 is 1.08 bits per heavy atom. The van der Waals surface area contributed by atoms with Crippen LogP contribution in [0.4, 0.5) is 0 Å². The standard InChI is InChI=1S/C27H24N2O6S2/c1-11-2-4-12(5-3-11)15-6-7-16(35-15)21-18-13-10-14(22(18)36-24-23(21)37-27(34)28-24)20-19(13)25(32)29(26(20)33)9-8-17(30)31/h2-7,13-14,18-22H,8-10H2,1H3,(H,28,34)(H,30,31)/t13-,14+,18+,19+,20+,21-,22+/m0/s1. The molecule has 4 heterocycles. The van der Waals surface area contributed by atoms with Crippen molar-refractivity contribution >= 4 is 40.9 Å². The number of rotatable bonds is 5. The van der Waals surface area contributed by atoms with Crippen molar-refractivity contribution < 1.29 is 23.9 Å². The number of aliphatic carboxylic acids is 1. The van der Waals surface area contributed by atoms with Crippen LogP contribution in [0.5, 0.6) is 0 Å². The minimum atomic E-state index is -1.03. The number of benzene rings is 1. The molecule has 2 saturated carbocycles. The molecular weight excluding hydrogens is 512 g/mol. The number of aromatic nitrogens is 1. The van der Waals surface area contributed by atoms with Gasteiger partial charge in [0.25, 0.3) is 0 Å². The van der Waals surface area contributed by atoms with Crippen molar-refractivity contribution in [2.45, 2.75) is 36.0 Å². The molecule has 7 atom stereocenters. The highest BCUT2D eigenvalue weighted by Crippen LogP contribution is 2.68. The minimum absolute atomic E-state index is 0.00172. The highest BCUT2D eigenvalue weighted by atomic mass is 32.2. The molecule has 37 heavy (non-hydrogen) atoms. The van der Waals surface area contributed by atoms with Crippen molar-refractivity contribution in [1.82, 2.24) is 9.88 Å². The van der Waals surface area contributed by atoms with Crippen LogP contribution in [0.1, 0.15) is 35.0 Å². The van der Waals surface area contributed by atoms with Crippen molar-refractivity contribution in [1.29, 1.82) is 0 Å². The maximum atomic E-state index is 13.4. The molecule has 2 aromatic heterocycles. The molecule has 190 valence electrons. The molecule has 2 bridgehead atoms. The number of fused-ring (bicyclic) bond motifs is 9. The molecule has 1 aromatic carbocycles. The van der Waals surface area contributed by atoms with Crippen LogP contribution in [0.2, 0.25) is 0 Å². The topological polar surface area (TPSA) is 121 Å². The number of carbonyl (C=O) groups excluding carboxylic acids is 2. The number of furan rings is 1. The number of H-pyrrole nitrogens is 1. The third-order valence-corrected chi connectivity index (χ3v) is 11.2. The first-order chi connectivity index (χ1) is 17.8. The van der Waals surface area contributed by atoms with Gasteiger partial charge in [0, 0.05) is 17.4 Å². The monoisotopic (exact) mass is 536 g/mol. The number of amides is 2. The Morgan fingerprint density at radius 3 is 2.54 bits per heavy atom. The van der Waals surface area contributed by atoms with Gasteiger partial charge in [-0.1, -0.05) is 41.2 Å². The lowest BCUT2D eigenvalue weighted by atomic mass is 9.69. The van der Waals surface area contributed by atoms with Gasteiger partial charge in [0.1, 0.15) is 11.5 Å². The minimum Gasteiger partial charge on any atom is -0.481 e. The van der Waals surface area contributed by atoms with Crippen molar-refractivity contribution in [3.8, 4) is 11.3 Å². The van der Waals surface area contributed by atoms with Gasteiger partial charge in [-0.2, -0.15) is 0 Å². The summed E-state index contributed by atoms with van der Waals surface area (Å²) in [7, 11) is 0. The zero-order valence-electron chi connectivity index (χ0n) is 19.9. The van der Waals surface area contributed by atoms with Crippen LogP contribution in [0.25, 0.3) is 11.3 Å². The van der Waals surface area contributed by atoms with Crippen molar-refractivity contribution in [3.63, 3.8) is 0 Å². The van der Waals surface area contributed by atoms with Crippen LogP contribution in [-0.2, 0) is 14.4 Å². The summed E-state index contributed by atoms with van der Waals surface area (Å²) in [5.74, 6) is -0.980. The summed E-state index contributed by atoms with van der Waals surface area (Å²) >= 11 is 2.82. The Labute approximate surface area is 220 Å². The number of hydrogen-bond acceptors (Lipinski definition) is 7. The van der Waals surface area contributed by atoms with E-state index in [2.05, 4.69) is 4.98 Å². The Kier molecular flexibility index (Phi) is 5.10. The quantitative estimate of drug-likeness (QED) is 0.474. The first-order valence-corrected chi connectivity index (χ1v) is 14.1. The van der Waals surface area contributed by atoms with Gasteiger partial charge in [0.2, 0.25) is 11.8 Å². The van der Waals surface area contributed by atoms with E-state index in [9.17, 15) is 19.2 Å². The van der Waals surface area contributed by atoms with E-state index in [1.165, 1.54) is 16.2 Å². The molecule has 2 amide bonds. The molecule has 4 aliphatic rings. The largest absolute Gasteiger partial charge is 0.481 e. The molecule has 10 heteroatoms. The second-order valence-electron chi connectivity index (χ2n) is 10.5. The average Bonchev–Trinajstić information content (AvgIpc) is 3.66. The Bertz CT molecular complexity index is 1500. The molecule has 0 unspecified atom stereocenters. The summed E-state index contributed by atoms with van der Waals surface area (Å²) in [6.45, 7) is 1.96. The number of thiazole rings is 1. The van der Waals surface area contributed by atoms with E-state index in [1.807, 2.05) is 43.3 Å². The summed E-state index contributed by atoms with van der Waals surface area (Å²) in [4.78, 5) is 55.2. The predicted molar refractivity (Wildman–Crippen MR) is 136 cm³/mol. The lowest BCUT2D eigenvalue weighted by Gasteiger charge is -2.42. The maximum Gasteiger partial charge on any atom is 0.305 e. The number of aromatic amines is 1. The SMILES string of the molecule is Cc1ccc(-c2ccc([C@@H]3c4sc(=O)[nH]c4S[C@@H]4[C@@H]5C[C@H]([C@H]6C(=O)N(CCC(=O)O)C(=O)[C@H]56)[C@H]34)o2)cc1. The molecule has 1 saturated heterocycles. The third-order valence-electron chi connectivity index (χ3n) is 8.63. The van der Waals surface area contributed by atoms with Crippen LogP contribution in [0, 0.1) is 36.5 Å². The van der Waals surface area contributed by atoms with Crippen LogP contribution in [-0.4, -0.2) is 44.6 Å². The maximum absolute atomic E-state index is 13.4. The molecule has 0 radical (unpaired) electrons. The highest BCUT2D eigenvalue weighted by Gasteiger charge is 2.69. The average molecular weight is 537 g/mol. The zero-order valence-corrected chi connectivity index (χ0v) is 21.5. The normalized spacial score (nSPS) is 31.5. The fourth-order valence-corrected chi connectivity index (χ4v) is 10.1. The third kappa shape index (κ3) is 3.34. The fraction of sp³-hybridized carbons (Fsp3) is 0.407. The number of thioether (sulfide) groups is 1. The lowest BCUT2D eigenvalue weighted by Crippen LogP contribution is -2.42. The van der Waals surface area contributed by atoms with Gasteiger partial charge in [-0.3, -0.25) is 24.1 Å². The van der Waals surface area contributed by atoms with Crippen molar-refractivity contribution in [3.05, 3.63) is 62.3 Å². The Hall–Kier alpha value is -3.11. The van der Waals surface area contributed by atoms with E-state index >= 15 is 0 Å². The fourth-order valence-electron chi connectivity index (χ4n) is 7.22. The van der Waals surface area contributed by atoms with Gasteiger partial charge in [0.15, 0.2) is 0 Å². The van der Waals surface area contributed by atoms with E-state index in [-0.39, 0.29) is 58.6 Å². The van der Waals surface area contributed by atoms with Gasteiger partial charge < -0.3 is 14.5 Å². The van der Waals surface area contributed by atoms with Gasteiger partial charge in [0.05, 0.1) is 34.1 Å². The van der Waals surface area contributed by atoms with Gasteiger partial charge in [-0.25, -0.2) is 0 Å². The number of carboxylic acid groups (broad SMARTS) is 1. The van der Waals surface area contributed by atoms with Gasteiger partial charge in [-0.05, 0) is 43.2 Å².